The number of ether oxygens (including phenoxy) is 1. The predicted molar refractivity (Wildman–Crippen MR) is 104 cm³/mol. The average molecular weight is 352 g/mol. The minimum atomic E-state index is 0.136. The molecule has 2 aromatic rings. The summed E-state index contributed by atoms with van der Waals surface area (Å²) in [6.45, 7) is 3.06. The number of piperidine rings is 1. The number of nitrogens with zero attached hydrogens (tertiary/aromatic N) is 1. The Morgan fingerprint density at radius 3 is 2.50 bits per heavy atom. The van der Waals surface area contributed by atoms with E-state index in [1.165, 1.54) is 5.56 Å². The molecule has 4 nitrogen and oxygen atoms in total. The summed E-state index contributed by atoms with van der Waals surface area (Å²) < 4.78 is 5.35. The van der Waals surface area contributed by atoms with Gasteiger partial charge in [0.05, 0.1) is 7.11 Å². The van der Waals surface area contributed by atoms with E-state index in [1.807, 2.05) is 24.3 Å². The van der Waals surface area contributed by atoms with E-state index in [4.69, 9.17) is 4.74 Å². The van der Waals surface area contributed by atoms with Crippen LogP contribution in [0.25, 0.3) is 0 Å². The highest BCUT2D eigenvalue weighted by Crippen LogP contribution is 2.19. The zero-order valence-electron chi connectivity index (χ0n) is 15.5. The SMILES string of the molecule is COc1ccccc1CCC(=O)NC1CCN(Cc2ccccc2)CC1. The summed E-state index contributed by atoms with van der Waals surface area (Å²) in [6, 6.07) is 18.8. The van der Waals surface area contributed by atoms with Gasteiger partial charge in [-0.05, 0) is 36.5 Å². The molecule has 0 unspecified atom stereocenters. The highest BCUT2D eigenvalue weighted by molar-refractivity contribution is 5.76. The number of likely N-dealkylation sites (tertiary alicyclic amines) is 1. The number of hydrogen-bond donors (Lipinski definition) is 1. The molecular weight excluding hydrogens is 324 g/mol. The van der Waals surface area contributed by atoms with Gasteiger partial charge in [-0.15, -0.1) is 0 Å². The smallest absolute Gasteiger partial charge is 0.220 e. The van der Waals surface area contributed by atoms with Gasteiger partial charge in [-0.1, -0.05) is 48.5 Å². The molecule has 1 aliphatic rings. The zero-order chi connectivity index (χ0) is 18.2. The van der Waals surface area contributed by atoms with Crippen LogP contribution in [0.15, 0.2) is 54.6 Å². The molecular formula is C22H28N2O2. The van der Waals surface area contributed by atoms with Crippen LogP contribution < -0.4 is 10.1 Å². The molecule has 3 rings (SSSR count). The van der Waals surface area contributed by atoms with Crippen molar-refractivity contribution >= 4 is 5.91 Å². The van der Waals surface area contributed by atoms with Crippen LogP contribution >= 0.6 is 0 Å². The molecule has 0 aliphatic carbocycles. The molecule has 0 bridgehead atoms. The van der Waals surface area contributed by atoms with Crippen LogP contribution in [0.2, 0.25) is 0 Å². The predicted octanol–water partition coefficient (Wildman–Crippen LogP) is 3.41. The molecule has 1 heterocycles. The summed E-state index contributed by atoms with van der Waals surface area (Å²) in [5.41, 5.74) is 2.44. The van der Waals surface area contributed by atoms with Crippen molar-refractivity contribution < 1.29 is 9.53 Å². The second kappa shape index (κ2) is 9.39. The molecule has 4 heteroatoms. The number of hydrogen-bond acceptors (Lipinski definition) is 3. The Balaban J connectivity index is 1.39. The quantitative estimate of drug-likeness (QED) is 0.830. The Bertz CT molecular complexity index is 694. The molecule has 2 aromatic carbocycles. The van der Waals surface area contributed by atoms with Crippen molar-refractivity contribution in [3.8, 4) is 5.75 Å². The van der Waals surface area contributed by atoms with Crippen molar-refractivity contribution in [2.45, 2.75) is 38.3 Å². The van der Waals surface area contributed by atoms with Crippen molar-refractivity contribution in [2.24, 2.45) is 0 Å². The zero-order valence-corrected chi connectivity index (χ0v) is 15.5. The summed E-state index contributed by atoms with van der Waals surface area (Å²) in [6.07, 6.45) is 3.26. The van der Waals surface area contributed by atoms with Gasteiger partial charge in [0.2, 0.25) is 5.91 Å². The molecule has 0 saturated carbocycles. The maximum atomic E-state index is 12.3. The third-order valence-electron chi connectivity index (χ3n) is 5.02. The van der Waals surface area contributed by atoms with Crippen molar-refractivity contribution in [3.05, 3.63) is 65.7 Å². The summed E-state index contributed by atoms with van der Waals surface area (Å²) >= 11 is 0. The van der Waals surface area contributed by atoms with Gasteiger partial charge in [0.15, 0.2) is 0 Å². The lowest BCUT2D eigenvalue weighted by atomic mass is 10.0. The molecule has 0 atom stereocenters. The van der Waals surface area contributed by atoms with Crippen molar-refractivity contribution in [1.82, 2.24) is 10.2 Å². The average Bonchev–Trinajstić information content (AvgIpc) is 2.69. The number of amides is 1. The Kier molecular flexibility index (Phi) is 6.67. The third kappa shape index (κ3) is 5.33. The van der Waals surface area contributed by atoms with Crippen molar-refractivity contribution in [1.29, 1.82) is 0 Å². The molecule has 0 radical (unpaired) electrons. The largest absolute Gasteiger partial charge is 0.496 e. The topological polar surface area (TPSA) is 41.6 Å². The van der Waals surface area contributed by atoms with Crippen molar-refractivity contribution in [2.75, 3.05) is 20.2 Å². The molecule has 138 valence electrons. The number of carbonyl (C=O) groups excluding carboxylic acids is 1. The number of para-hydroxylation sites is 1. The monoisotopic (exact) mass is 352 g/mol. The first kappa shape index (κ1) is 18.5. The van der Waals surface area contributed by atoms with Crippen LogP contribution in [0.3, 0.4) is 0 Å². The van der Waals surface area contributed by atoms with E-state index >= 15 is 0 Å². The standard InChI is InChI=1S/C22H28N2O2/c1-26-21-10-6-5-9-19(21)11-12-22(25)23-20-13-15-24(16-14-20)17-18-7-3-2-4-8-18/h2-10,20H,11-17H2,1H3,(H,23,25). The van der Waals surface area contributed by atoms with E-state index in [-0.39, 0.29) is 5.91 Å². The second-order valence-electron chi connectivity index (χ2n) is 6.92. The van der Waals surface area contributed by atoms with Gasteiger partial charge in [0, 0.05) is 32.1 Å². The number of rotatable bonds is 7. The van der Waals surface area contributed by atoms with Crippen LogP contribution in [-0.4, -0.2) is 37.0 Å². The molecule has 1 N–H and O–H groups in total. The third-order valence-corrected chi connectivity index (χ3v) is 5.02. The van der Waals surface area contributed by atoms with E-state index in [2.05, 4.69) is 40.5 Å². The first-order chi connectivity index (χ1) is 12.7. The lowest BCUT2D eigenvalue weighted by Crippen LogP contribution is -2.44. The number of nitrogens with one attached hydrogen (secondary N) is 1. The fourth-order valence-electron chi connectivity index (χ4n) is 3.53. The first-order valence-electron chi connectivity index (χ1n) is 9.42. The number of carbonyl (C=O) groups is 1. The van der Waals surface area contributed by atoms with Gasteiger partial charge in [-0.3, -0.25) is 9.69 Å². The van der Waals surface area contributed by atoms with Crippen LogP contribution in [0, 0.1) is 0 Å². The van der Waals surface area contributed by atoms with Crippen LogP contribution in [0.4, 0.5) is 0 Å². The van der Waals surface area contributed by atoms with Gasteiger partial charge < -0.3 is 10.1 Å². The van der Waals surface area contributed by atoms with E-state index < -0.39 is 0 Å². The van der Waals surface area contributed by atoms with Gasteiger partial charge in [0.1, 0.15) is 5.75 Å². The highest BCUT2D eigenvalue weighted by Gasteiger charge is 2.20. The van der Waals surface area contributed by atoms with E-state index in [0.717, 1.165) is 43.8 Å². The van der Waals surface area contributed by atoms with Crippen LogP contribution in [-0.2, 0) is 17.8 Å². The Hall–Kier alpha value is -2.33. The van der Waals surface area contributed by atoms with Gasteiger partial charge >= 0.3 is 0 Å². The summed E-state index contributed by atoms with van der Waals surface area (Å²) in [5.74, 6) is 0.993. The van der Waals surface area contributed by atoms with Gasteiger partial charge in [-0.2, -0.15) is 0 Å². The van der Waals surface area contributed by atoms with Crippen LogP contribution in [0.5, 0.6) is 5.75 Å². The summed E-state index contributed by atoms with van der Waals surface area (Å²) in [4.78, 5) is 14.8. The Morgan fingerprint density at radius 1 is 1.08 bits per heavy atom. The van der Waals surface area contributed by atoms with E-state index in [9.17, 15) is 4.79 Å². The normalized spacial score (nSPS) is 15.6. The van der Waals surface area contributed by atoms with Gasteiger partial charge in [-0.25, -0.2) is 0 Å². The number of methoxy groups -OCH3 is 1. The maximum absolute atomic E-state index is 12.3. The molecule has 1 aliphatic heterocycles. The second-order valence-corrected chi connectivity index (χ2v) is 6.92. The molecule has 1 amide bonds. The minimum absolute atomic E-state index is 0.136. The molecule has 0 aromatic heterocycles. The first-order valence-corrected chi connectivity index (χ1v) is 9.42. The fourth-order valence-corrected chi connectivity index (χ4v) is 3.53. The van der Waals surface area contributed by atoms with E-state index in [0.29, 0.717) is 18.9 Å². The van der Waals surface area contributed by atoms with Crippen LogP contribution in [0.1, 0.15) is 30.4 Å². The Morgan fingerprint density at radius 2 is 1.77 bits per heavy atom. The number of aryl methyl sites for hydroxylation is 1. The van der Waals surface area contributed by atoms with Crippen molar-refractivity contribution in [3.63, 3.8) is 0 Å². The lowest BCUT2D eigenvalue weighted by molar-refractivity contribution is -0.122. The highest BCUT2D eigenvalue weighted by atomic mass is 16.5. The molecule has 1 saturated heterocycles. The summed E-state index contributed by atoms with van der Waals surface area (Å²) in [7, 11) is 1.67. The summed E-state index contributed by atoms with van der Waals surface area (Å²) in [5, 5.41) is 3.20. The number of benzene rings is 2. The molecule has 26 heavy (non-hydrogen) atoms. The maximum Gasteiger partial charge on any atom is 0.220 e. The van der Waals surface area contributed by atoms with Gasteiger partial charge in [0.25, 0.3) is 0 Å². The van der Waals surface area contributed by atoms with E-state index in [1.54, 1.807) is 7.11 Å². The lowest BCUT2D eigenvalue weighted by Gasteiger charge is -2.32. The minimum Gasteiger partial charge on any atom is -0.496 e. The molecule has 1 fully saturated rings. The fraction of sp³-hybridized carbons (Fsp3) is 0.409. The Labute approximate surface area is 156 Å². The molecule has 0 spiro atoms.